The molecule has 3 aromatic heterocycles. The van der Waals surface area contributed by atoms with E-state index >= 15 is 0 Å². The molecule has 0 aliphatic rings. The van der Waals surface area contributed by atoms with Crippen LogP contribution in [0, 0.1) is 0 Å². The molecule has 0 saturated heterocycles. The molecule has 120 valence electrons. The Bertz CT molecular complexity index is 1080. The number of hydrogen-bond donors (Lipinski definition) is 2. The van der Waals surface area contributed by atoms with Crippen LogP contribution in [0.2, 0.25) is 0 Å². The molecular formula is C16H13N5O3. The van der Waals surface area contributed by atoms with E-state index in [9.17, 15) is 4.79 Å². The van der Waals surface area contributed by atoms with Crippen molar-refractivity contribution in [3.8, 4) is 11.5 Å². The number of pyridine rings is 1. The quantitative estimate of drug-likeness (QED) is 0.596. The van der Waals surface area contributed by atoms with Crippen molar-refractivity contribution in [2.24, 2.45) is 7.05 Å². The average molecular weight is 323 g/mol. The second kappa shape index (κ2) is 5.05. The number of anilines is 1. The van der Waals surface area contributed by atoms with Crippen LogP contribution in [0.1, 0.15) is 10.4 Å². The van der Waals surface area contributed by atoms with Crippen molar-refractivity contribution in [1.82, 2.24) is 19.5 Å². The Morgan fingerprint density at radius 3 is 2.62 bits per heavy atom. The lowest BCUT2D eigenvalue weighted by molar-refractivity contribution is 0.0697. The van der Waals surface area contributed by atoms with Crippen molar-refractivity contribution < 1.29 is 14.3 Å². The Hall–Kier alpha value is -3.42. The summed E-state index contributed by atoms with van der Waals surface area (Å²) in [6.07, 6.45) is 1.70. The van der Waals surface area contributed by atoms with Crippen molar-refractivity contribution in [3.05, 3.63) is 36.2 Å². The van der Waals surface area contributed by atoms with Gasteiger partial charge >= 0.3 is 5.97 Å². The van der Waals surface area contributed by atoms with Gasteiger partial charge in [0.25, 0.3) is 5.71 Å². The molecule has 0 unspecified atom stereocenters. The van der Waals surface area contributed by atoms with Crippen LogP contribution in [-0.2, 0) is 7.05 Å². The Balaban J connectivity index is 1.93. The molecule has 0 atom stereocenters. The van der Waals surface area contributed by atoms with Gasteiger partial charge in [-0.25, -0.2) is 14.8 Å². The van der Waals surface area contributed by atoms with Crippen LogP contribution in [0.25, 0.3) is 33.7 Å². The van der Waals surface area contributed by atoms with Gasteiger partial charge in [-0.15, -0.1) is 0 Å². The van der Waals surface area contributed by atoms with E-state index < -0.39 is 5.97 Å². The zero-order valence-corrected chi connectivity index (χ0v) is 12.9. The van der Waals surface area contributed by atoms with E-state index in [0.29, 0.717) is 34.0 Å². The highest BCUT2D eigenvalue weighted by Crippen LogP contribution is 2.31. The van der Waals surface area contributed by atoms with Crippen molar-refractivity contribution in [2.75, 3.05) is 12.4 Å². The maximum atomic E-state index is 10.9. The third kappa shape index (κ3) is 2.00. The summed E-state index contributed by atoms with van der Waals surface area (Å²) in [6.45, 7) is 0. The lowest BCUT2D eigenvalue weighted by atomic mass is 10.1. The molecule has 3 heterocycles. The van der Waals surface area contributed by atoms with Crippen molar-refractivity contribution in [3.63, 3.8) is 0 Å². The fourth-order valence-electron chi connectivity index (χ4n) is 2.63. The largest absolute Gasteiger partial charge is 0.478 e. The minimum atomic E-state index is -0.976. The van der Waals surface area contributed by atoms with Crippen LogP contribution in [-0.4, -0.2) is 37.6 Å². The molecule has 8 heteroatoms. The van der Waals surface area contributed by atoms with E-state index in [-0.39, 0.29) is 5.56 Å². The number of nitrogens with one attached hydrogen (secondary N) is 1. The lowest BCUT2D eigenvalue weighted by Gasteiger charge is -2.00. The molecule has 0 fully saturated rings. The predicted molar refractivity (Wildman–Crippen MR) is 88.0 cm³/mol. The van der Waals surface area contributed by atoms with Crippen molar-refractivity contribution in [1.29, 1.82) is 0 Å². The molecule has 0 aliphatic heterocycles. The van der Waals surface area contributed by atoms with Gasteiger partial charge in [-0.2, -0.15) is 4.98 Å². The molecule has 0 bridgehead atoms. The number of aryl methyl sites for hydroxylation is 1. The van der Waals surface area contributed by atoms with Gasteiger partial charge in [0.05, 0.1) is 11.9 Å². The van der Waals surface area contributed by atoms with Gasteiger partial charge in [0.2, 0.25) is 5.89 Å². The smallest absolute Gasteiger partial charge is 0.335 e. The zero-order chi connectivity index (χ0) is 16.8. The summed E-state index contributed by atoms with van der Waals surface area (Å²) in [6, 6.07) is 6.35. The fraction of sp³-hybridized carbons (Fsp3) is 0.125. The topological polar surface area (TPSA) is 106 Å². The summed E-state index contributed by atoms with van der Waals surface area (Å²) < 4.78 is 7.64. The molecule has 2 N–H and O–H groups in total. The summed E-state index contributed by atoms with van der Waals surface area (Å²) in [4.78, 5) is 24.2. The second-order valence-corrected chi connectivity index (χ2v) is 5.32. The molecule has 0 aliphatic carbocycles. The van der Waals surface area contributed by atoms with Gasteiger partial charge in [-0.3, -0.25) is 0 Å². The molecule has 0 saturated carbocycles. The van der Waals surface area contributed by atoms with Crippen LogP contribution in [0.5, 0.6) is 0 Å². The number of fused-ring (bicyclic) bond motifs is 3. The number of aromatic carboxylic acids is 1. The standard InChI is InChI=1S/C16H13N5O3/c1-17-13-10-12(21(2)7-18-10)11-15(20-13)24-14(19-11)8-3-5-9(6-4-8)16(22)23/h3-7H,1-2H3,(H,17,20)(H,22,23). The summed E-state index contributed by atoms with van der Waals surface area (Å²) in [5.74, 6) is 0.0169. The fourth-order valence-corrected chi connectivity index (χ4v) is 2.63. The van der Waals surface area contributed by atoms with E-state index in [2.05, 4.69) is 20.3 Å². The Morgan fingerprint density at radius 2 is 1.96 bits per heavy atom. The summed E-state index contributed by atoms with van der Waals surface area (Å²) in [7, 11) is 3.65. The molecule has 0 radical (unpaired) electrons. The predicted octanol–water partition coefficient (Wildman–Crippen LogP) is 2.52. The number of nitrogens with zero attached hydrogens (tertiary/aromatic N) is 4. The number of benzene rings is 1. The number of carboxylic acid groups (broad SMARTS) is 1. The van der Waals surface area contributed by atoms with Crippen LogP contribution >= 0.6 is 0 Å². The molecule has 0 amide bonds. The van der Waals surface area contributed by atoms with Crippen LogP contribution in [0.4, 0.5) is 5.82 Å². The van der Waals surface area contributed by atoms with Crippen LogP contribution < -0.4 is 5.32 Å². The molecular weight excluding hydrogens is 310 g/mol. The SMILES string of the molecule is CNc1nc2oc(-c3ccc(C(=O)O)cc3)nc2c2c1ncn2C. The monoisotopic (exact) mass is 323 g/mol. The van der Waals surface area contributed by atoms with Gasteiger partial charge in [0.1, 0.15) is 11.0 Å². The first kappa shape index (κ1) is 14.2. The van der Waals surface area contributed by atoms with Gasteiger partial charge in [-0.1, -0.05) is 0 Å². The maximum Gasteiger partial charge on any atom is 0.335 e. The summed E-state index contributed by atoms with van der Waals surface area (Å²) in [5, 5.41) is 12.0. The minimum Gasteiger partial charge on any atom is -0.478 e. The number of hydrogen-bond acceptors (Lipinski definition) is 6. The van der Waals surface area contributed by atoms with Gasteiger partial charge in [-0.05, 0) is 24.3 Å². The van der Waals surface area contributed by atoms with E-state index in [1.54, 1.807) is 25.5 Å². The first-order valence-electron chi connectivity index (χ1n) is 7.21. The number of carboxylic acids is 1. The van der Waals surface area contributed by atoms with Gasteiger partial charge in [0, 0.05) is 19.7 Å². The molecule has 8 nitrogen and oxygen atoms in total. The van der Waals surface area contributed by atoms with E-state index in [1.807, 2.05) is 11.6 Å². The number of imidazole rings is 1. The van der Waals surface area contributed by atoms with E-state index in [4.69, 9.17) is 9.52 Å². The highest BCUT2D eigenvalue weighted by Gasteiger charge is 2.18. The van der Waals surface area contributed by atoms with Gasteiger partial charge in [0.15, 0.2) is 11.3 Å². The third-order valence-corrected chi connectivity index (χ3v) is 3.82. The van der Waals surface area contributed by atoms with Crippen LogP contribution in [0.15, 0.2) is 35.0 Å². The highest BCUT2D eigenvalue weighted by atomic mass is 16.4. The second-order valence-electron chi connectivity index (χ2n) is 5.32. The van der Waals surface area contributed by atoms with E-state index in [0.717, 1.165) is 5.52 Å². The van der Waals surface area contributed by atoms with E-state index in [1.165, 1.54) is 12.1 Å². The Kier molecular flexibility index (Phi) is 2.99. The van der Waals surface area contributed by atoms with Crippen LogP contribution in [0.3, 0.4) is 0 Å². The molecule has 1 aromatic carbocycles. The summed E-state index contributed by atoms with van der Waals surface area (Å²) >= 11 is 0. The molecule has 0 spiro atoms. The molecule has 4 aromatic rings. The normalized spacial score (nSPS) is 11.2. The highest BCUT2D eigenvalue weighted by molar-refractivity contribution is 6.03. The van der Waals surface area contributed by atoms with Crippen molar-refractivity contribution >= 4 is 34.1 Å². The zero-order valence-electron chi connectivity index (χ0n) is 12.9. The molecule has 4 rings (SSSR count). The Labute approximate surface area is 135 Å². The number of carbonyl (C=O) groups is 1. The maximum absolute atomic E-state index is 10.9. The lowest BCUT2D eigenvalue weighted by Crippen LogP contribution is -1.95. The number of aromatic nitrogens is 4. The average Bonchev–Trinajstić information content (AvgIpc) is 3.17. The minimum absolute atomic E-state index is 0.208. The number of rotatable bonds is 3. The number of oxazole rings is 1. The first-order chi connectivity index (χ1) is 11.6. The summed E-state index contributed by atoms with van der Waals surface area (Å²) in [5.41, 5.74) is 3.43. The van der Waals surface area contributed by atoms with Gasteiger partial charge < -0.3 is 19.4 Å². The van der Waals surface area contributed by atoms with Crippen molar-refractivity contribution in [2.45, 2.75) is 0 Å². The third-order valence-electron chi connectivity index (χ3n) is 3.82. The Morgan fingerprint density at radius 1 is 1.21 bits per heavy atom. The first-order valence-corrected chi connectivity index (χ1v) is 7.21. The molecule has 24 heavy (non-hydrogen) atoms.